The fourth-order valence-electron chi connectivity index (χ4n) is 1.55. The average Bonchev–Trinajstić information content (AvgIpc) is 2.75. The van der Waals surface area contributed by atoms with Crippen molar-refractivity contribution in [3.63, 3.8) is 0 Å². The van der Waals surface area contributed by atoms with Crippen LogP contribution in [0, 0.1) is 0 Å². The van der Waals surface area contributed by atoms with Crippen LogP contribution in [0.4, 0.5) is 0 Å². The predicted molar refractivity (Wildman–Crippen MR) is 69.7 cm³/mol. The van der Waals surface area contributed by atoms with Gasteiger partial charge in [-0.25, -0.2) is 4.79 Å². The van der Waals surface area contributed by atoms with Gasteiger partial charge in [0, 0.05) is 11.8 Å². The van der Waals surface area contributed by atoms with Crippen molar-refractivity contribution in [1.29, 1.82) is 0 Å². The molecule has 1 aromatic heterocycles. The van der Waals surface area contributed by atoms with Gasteiger partial charge >= 0.3 is 5.97 Å². The van der Waals surface area contributed by atoms with E-state index in [4.69, 9.17) is 9.52 Å². The average molecular weight is 257 g/mol. The van der Waals surface area contributed by atoms with E-state index in [2.05, 4.69) is 19.2 Å². The van der Waals surface area contributed by atoms with Crippen LogP contribution in [0.25, 0.3) is 0 Å². The first-order chi connectivity index (χ1) is 8.04. The highest BCUT2D eigenvalue weighted by molar-refractivity contribution is 7.99. The van der Waals surface area contributed by atoms with Crippen molar-refractivity contribution in [2.24, 2.45) is 0 Å². The molecule has 96 valence electrons. The highest BCUT2D eigenvalue weighted by atomic mass is 32.2. The second-order valence-electron chi connectivity index (χ2n) is 3.96. The SMILES string of the molecule is CCSCC(C)NC(C)c1ccc(C(=O)O)o1. The molecule has 0 amide bonds. The Morgan fingerprint density at radius 1 is 1.53 bits per heavy atom. The molecule has 0 fully saturated rings. The summed E-state index contributed by atoms with van der Waals surface area (Å²) in [5.74, 6) is 1.76. The van der Waals surface area contributed by atoms with Gasteiger partial charge < -0.3 is 14.8 Å². The zero-order chi connectivity index (χ0) is 12.8. The summed E-state index contributed by atoms with van der Waals surface area (Å²) in [4.78, 5) is 10.7. The van der Waals surface area contributed by atoms with Gasteiger partial charge in [-0.2, -0.15) is 11.8 Å². The predicted octanol–water partition coefficient (Wildman–Crippen LogP) is 2.77. The number of thioether (sulfide) groups is 1. The van der Waals surface area contributed by atoms with E-state index in [0.29, 0.717) is 11.8 Å². The third-order valence-corrected chi connectivity index (χ3v) is 3.51. The molecule has 17 heavy (non-hydrogen) atoms. The fourth-order valence-corrected chi connectivity index (χ4v) is 2.24. The highest BCUT2D eigenvalue weighted by Crippen LogP contribution is 2.17. The minimum absolute atomic E-state index is 0.00997. The van der Waals surface area contributed by atoms with Crippen molar-refractivity contribution >= 4 is 17.7 Å². The Morgan fingerprint density at radius 2 is 2.24 bits per heavy atom. The molecular formula is C12H19NO3S. The van der Waals surface area contributed by atoms with Crippen molar-refractivity contribution in [3.05, 3.63) is 23.7 Å². The first-order valence-corrected chi connectivity index (χ1v) is 6.86. The molecule has 0 aliphatic carbocycles. The Balaban J connectivity index is 2.51. The first-order valence-electron chi connectivity index (χ1n) is 5.71. The Hall–Kier alpha value is -0.940. The molecule has 0 saturated carbocycles. The van der Waals surface area contributed by atoms with Crippen molar-refractivity contribution in [1.82, 2.24) is 5.32 Å². The van der Waals surface area contributed by atoms with E-state index in [0.717, 1.165) is 11.5 Å². The molecular weight excluding hydrogens is 238 g/mol. The standard InChI is InChI=1S/C12H19NO3S/c1-4-17-7-8(2)13-9(3)10-5-6-11(16-10)12(14)15/h5-6,8-9,13H,4,7H2,1-3H3,(H,14,15). The minimum atomic E-state index is -1.03. The second kappa shape index (κ2) is 6.71. The van der Waals surface area contributed by atoms with Gasteiger partial charge in [-0.3, -0.25) is 0 Å². The lowest BCUT2D eigenvalue weighted by atomic mass is 10.2. The number of carboxylic acid groups (broad SMARTS) is 1. The molecule has 0 bridgehead atoms. The first kappa shape index (κ1) is 14.1. The molecule has 0 aliphatic rings. The molecule has 5 heteroatoms. The van der Waals surface area contributed by atoms with E-state index in [1.165, 1.54) is 6.07 Å². The Bertz CT molecular complexity index is 364. The molecule has 0 aliphatic heterocycles. The summed E-state index contributed by atoms with van der Waals surface area (Å²) in [5.41, 5.74) is 0. The van der Waals surface area contributed by atoms with E-state index in [-0.39, 0.29) is 11.8 Å². The number of carbonyl (C=O) groups is 1. The van der Waals surface area contributed by atoms with E-state index >= 15 is 0 Å². The molecule has 0 aromatic carbocycles. The van der Waals surface area contributed by atoms with E-state index in [1.54, 1.807) is 6.07 Å². The topological polar surface area (TPSA) is 62.5 Å². The molecule has 4 nitrogen and oxygen atoms in total. The number of aromatic carboxylic acids is 1. The van der Waals surface area contributed by atoms with Crippen LogP contribution in [0.2, 0.25) is 0 Å². The van der Waals surface area contributed by atoms with E-state index < -0.39 is 5.97 Å². The highest BCUT2D eigenvalue weighted by Gasteiger charge is 2.15. The van der Waals surface area contributed by atoms with Gasteiger partial charge in [-0.05, 0) is 31.7 Å². The Morgan fingerprint density at radius 3 is 2.76 bits per heavy atom. The van der Waals surface area contributed by atoms with Crippen LogP contribution in [-0.4, -0.2) is 28.6 Å². The number of furan rings is 1. The summed E-state index contributed by atoms with van der Waals surface area (Å²) < 4.78 is 5.24. The summed E-state index contributed by atoms with van der Waals surface area (Å²) in [5, 5.41) is 12.1. The Labute approximate surface area is 106 Å². The Kier molecular flexibility index (Phi) is 5.58. The molecule has 0 saturated heterocycles. The fraction of sp³-hybridized carbons (Fsp3) is 0.583. The summed E-state index contributed by atoms with van der Waals surface area (Å²) >= 11 is 1.88. The van der Waals surface area contributed by atoms with Crippen molar-refractivity contribution in [3.8, 4) is 0 Å². The smallest absolute Gasteiger partial charge is 0.371 e. The number of carboxylic acids is 1. The van der Waals surface area contributed by atoms with Crippen LogP contribution in [0.15, 0.2) is 16.5 Å². The summed E-state index contributed by atoms with van der Waals surface area (Å²) in [7, 11) is 0. The molecule has 2 atom stereocenters. The maximum absolute atomic E-state index is 10.7. The molecule has 1 heterocycles. The van der Waals surface area contributed by atoms with Gasteiger partial charge in [0.25, 0.3) is 0 Å². The maximum atomic E-state index is 10.7. The van der Waals surface area contributed by atoms with Crippen LogP contribution >= 0.6 is 11.8 Å². The largest absolute Gasteiger partial charge is 0.475 e. The third kappa shape index (κ3) is 4.44. The van der Waals surface area contributed by atoms with Crippen molar-refractivity contribution in [2.75, 3.05) is 11.5 Å². The summed E-state index contributed by atoms with van der Waals surface area (Å²) in [6.07, 6.45) is 0. The molecule has 0 spiro atoms. The zero-order valence-corrected chi connectivity index (χ0v) is 11.2. The third-order valence-electron chi connectivity index (χ3n) is 2.37. The van der Waals surface area contributed by atoms with Gasteiger partial charge in [0.15, 0.2) is 0 Å². The lowest BCUT2D eigenvalue weighted by Gasteiger charge is -2.17. The number of rotatable bonds is 7. The van der Waals surface area contributed by atoms with Gasteiger partial charge in [0.05, 0.1) is 6.04 Å². The van der Waals surface area contributed by atoms with E-state index in [9.17, 15) is 4.79 Å². The normalized spacial score (nSPS) is 14.5. The second-order valence-corrected chi connectivity index (χ2v) is 5.27. The lowest BCUT2D eigenvalue weighted by molar-refractivity contribution is 0.0659. The number of hydrogen-bond donors (Lipinski definition) is 2. The molecule has 1 rings (SSSR count). The maximum Gasteiger partial charge on any atom is 0.371 e. The van der Waals surface area contributed by atoms with Crippen LogP contribution < -0.4 is 5.32 Å². The van der Waals surface area contributed by atoms with Crippen LogP contribution in [0.3, 0.4) is 0 Å². The minimum Gasteiger partial charge on any atom is -0.475 e. The van der Waals surface area contributed by atoms with Crippen LogP contribution in [-0.2, 0) is 0 Å². The zero-order valence-electron chi connectivity index (χ0n) is 10.4. The summed E-state index contributed by atoms with van der Waals surface area (Å²) in [6.45, 7) is 6.21. The molecule has 2 N–H and O–H groups in total. The van der Waals surface area contributed by atoms with E-state index in [1.807, 2.05) is 18.7 Å². The van der Waals surface area contributed by atoms with Crippen molar-refractivity contribution in [2.45, 2.75) is 32.9 Å². The molecule has 2 unspecified atom stereocenters. The lowest BCUT2D eigenvalue weighted by Crippen LogP contribution is -2.30. The van der Waals surface area contributed by atoms with Crippen molar-refractivity contribution < 1.29 is 14.3 Å². The van der Waals surface area contributed by atoms with Gasteiger partial charge in [-0.15, -0.1) is 0 Å². The number of hydrogen-bond acceptors (Lipinski definition) is 4. The van der Waals surface area contributed by atoms with Gasteiger partial charge in [-0.1, -0.05) is 6.92 Å². The summed E-state index contributed by atoms with van der Waals surface area (Å²) in [6, 6.07) is 3.59. The quantitative estimate of drug-likeness (QED) is 0.786. The molecule has 0 radical (unpaired) electrons. The van der Waals surface area contributed by atoms with Gasteiger partial charge in [0.2, 0.25) is 5.76 Å². The van der Waals surface area contributed by atoms with Crippen LogP contribution in [0.5, 0.6) is 0 Å². The van der Waals surface area contributed by atoms with Crippen LogP contribution in [0.1, 0.15) is 43.1 Å². The monoisotopic (exact) mass is 257 g/mol. The molecule has 1 aromatic rings. The van der Waals surface area contributed by atoms with Gasteiger partial charge in [0.1, 0.15) is 5.76 Å². The number of nitrogens with one attached hydrogen (secondary N) is 1.